The van der Waals surface area contributed by atoms with Crippen LogP contribution in [0.25, 0.3) is 5.57 Å². The van der Waals surface area contributed by atoms with E-state index in [-0.39, 0.29) is 13.1 Å². The zero-order valence-corrected chi connectivity index (χ0v) is 25.6. The summed E-state index contributed by atoms with van der Waals surface area (Å²) in [6, 6.07) is 11.7. The van der Waals surface area contributed by atoms with E-state index in [0.29, 0.717) is 23.4 Å². The van der Waals surface area contributed by atoms with E-state index in [0.717, 1.165) is 11.3 Å². The van der Waals surface area contributed by atoms with Gasteiger partial charge in [-0.25, -0.2) is 0 Å². The molecule has 0 saturated heterocycles. The van der Waals surface area contributed by atoms with Gasteiger partial charge in [0.15, 0.2) is 0 Å². The van der Waals surface area contributed by atoms with Gasteiger partial charge < -0.3 is 0 Å². The summed E-state index contributed by atoms with van der Waals surface area (Å²) in [7, 11) is 3.33. The number of rotatable bonds is 7. The summed E-state index contributed by atoms with van der Waals surface area (Å²) < 4.78 is 0. The molecule has 3 unspecified atom stereocenters. The van der Waals surface area contributed by atoms with Gasteiger partial charge in [0, 0.05) is 10.8 Å². The Hall–Kier alpha value is -0.440. The lowest BCUT2D eigenvalue weighted by molar-refractivity contribution is 0.442. The van der Waals surface area contributed by atoms with Gasteiger partial charge >= 0.3 is 0 Å². The van der Waals surface area contributed by atoms with E-state index in [9.17, 15) is 0 Å². The third-order valence-corrected chi connectivity index (χ3v) is 15.1. The normalized spacial score (nSPS) is 27.4. The summed E-state index contributed by atoms with van der Waals surface area (Å²) in [5, 5.41) is 0.235. The molecule has 3 aliphatic carbocycles. The lowest BCUT2D eigenvalue weighted by Crippen LogP contribution is -2.51. The van der Waals surface area contributed by atoms with Crippen LogP contribution >= 0.6 is 17.2 Å². The molecular formula is C33H52P2. The highest BCUT2D eigenvalue weighted by Crippen LogP contribution is 2.74. The van der Waals surface area contributed by atoms with Crippen molar-refractivity contribution in [2.45, 2.75) is 128 Å². The van der Waals surface area contributed by atoms with Gasteiger partial charge in [-0.1, -0.05) is 130 Å². The molecule has 1 aromatic rings. The van der Waals surface area contributed by atoms with Gasteiger partial charge in [0.05, 0.1) is 0 Å². The molecule has 0 heterocycles. The van der Waals surface area contributed by atoms with Crippen LogP contribution in [0.5, 0.6) is 0 Å². The van der Waals surface area contributed by atoms with E-state index >= 15 is 0 Å². The average Bonchev–Trinajstić information content (AvgIpc) is 2.86. The van der Waals surface area contributed by atoms with Crippen LogP contribution in [0.1, 0.15) is 111 Å². The smallest absolute Gasteiger partial charge is 0.0290 e. The van der Waals surface area contributed by atoms with Crippen molar-refractivity contribution in [1.82, 2.24) is 0 Å². The Morgan fingerprint density at radius 2 is 1.26 bits per heavy atom. The second kappa shape index (κ2) is 12.0. The van der Waals surface area contributed by atoms with Crippen molar-refractivity contribution < 1.29 is 0 Å². The molecular weight excluding hydrogens is 458 g/mol. The Balaban J connectivity index is 2.05. The van der Waals surface area contributed by atoms with Crippen molar-refractivity contribution in [2.24, 2.45) is 17.8 Å². The summed E-state index contributed by atoms with van der Waals surface area (Å²) in [6.07, 6.45) is 17.3. The standard InChI is InChI=1S/C33H52P2/c1-23(2)29-22-30(24(3)4)32(34)33(25(5)6,31(29)26-16-10-7-11-17-26)35(27-18-12-8-13-19-27)28-20-14-9-15-21-28/h7,10-11,16-17,22-25,27-28,32H,8-9,12-15,18-21,34H2,1-6H3. The third-order valence-electron chi connectivity index (χ3n) is 9.44. The van der Waals surface area contributed by atoms with E-state index in [1.165, 1.54) is 69.8 Å². The van der Waals surface area contributed by atoms with Gasteiger partial charge in [-0.15, -0.1) is 9.24 Å². The van der Waals surface area contributed by atoms with Crippen LogP contribution in [0, 0.1) is 17.8 Å². The molecule has 1 aromatic carbocycles. The predicted molar refractivity (Wildman–Crippen MR) is 163 cm³/mol. The van der Waals surface area contributed by atoms with Gasteiger partial charge in [-0.3, -0.25) is 0 Å². The Morgan fingerprint density at radius 1 is 0.743 bits per heavy atom. The van der Waals surface area contributed by atoms with Gasteiger partial charge in [-0.2, -0.15) is 0 Å². The maximum atomic E-state index is 3.50. The first kappa shape index (κ1) is 27.6. The molecule has 0 amide bonds. The van der Waals surface area contributed by atoms with E-state index in [2.05, 4.69) is 87.2 Å². The molecule has 2 saturated carbocycles. The Bertz CT molecular complexity index is 863. The van der Waals surface area contributed by atoms with Crippen LogP contribution in [0.4, 0.5) is 0 Å². The van der Waals surface area contributed by atoms with Crippen LogP contribution in [0.2, 0.25) is 0 Å². The van der Waals surface area contributed by atoms with Crippen molar-refractivity contribution in [3.63, 3.8) is 0 Å². The molecule has 0 aromatic heterocycles. The summed E-state index contributed by atoms with van der Waals surface area (Å²) in [5.41, 5.74) is 9.01. The minimum atomic E-state index is -0.163. The summed E-state index contributed by atoms with van der Waals surface area (Å²) in [4.78, 5) is 0. The molecule has 194 valence electrons. The first-order valence-electron chi connectivity index (χ1n) is 14.9. The minimum Gasteiger partial charge on any atom is -0.129 e. The number of allylic oxidation sites excluding steroid dienone is 4. The fourth-order valence-corrected chi connectivity index (χ4v) is 14.6. The summed E-state index contributed by atoms with van der Waals surface area (Å²) in [5.74, 6) is 1.77. The van der Waals surface area contributed by atoms with Crippen LogP contribution in [0.3, 0.4) is 0 Å². The molecule has 35 heavy (non-hydrogen) atoms. The van der Waals surface area contributed by atoms with Crippen molar-refractivity contribution in [2.75, 3.05) is 0 Å². The number of hydrogen-bond acceptors (Lipinski definition) is 0. The van der Waals surface area contributed by atoms with Gasteiger partial charge in [-0.05, 0) is 71.5 Å². The fraction of sp³-hybridized carbons (Fsp3) is 0.697. The molecule has 3 atom stereocenters. The quantitative estimate of drug-likeness (QED) is 0.320. The highest BCUT2D eigenvalue weighted by molar-refractivity contribution is 7.62. The van der Waals surface area contributed by atoms with Gasteiger partial charge in [0.2, 0.25) is 0 Å². The summed E-state index contributed by atoms with van der Waals surface area (Å²) in [6.45, 7) is 15.0. The summed E-state index contributed by atoms with van der Waals surface area (Å²) >= 11 is 0. The van der Waals surface area contributed by atoms with Crippen molar-refractivity contribution in [3.05, 3.63) is 53.1 Å². The average molecular weight is 511 g/mol. The van der Waals surface area contributed by atoms with E-state index in [4.69, 9.17) is 0 Å². The van der Waals surface area contributed by atoms with Crippen LogP contribution in [-0.4, -0.2) is 22.1 Å². The van der Waals surface area contributed by atoms with Crippen LogP contribution in [-0.2, 0) is 0 Å². The molecule has 0 aliphatic heterocycles. The monoisotopic (exact) mass is 510 g/mol. The van der Waals surface area contributed by atoms with Gasteiger partial charge in [0.1, 0.15) is 0 Å². The van der Waals surface area contributed by atoms with Crippen molar-refractivity contribution in [3.8, 4) is 0 Å². The van der Waals surface area contributed by atoms with Crippen LogP contribution < -0.4 is 0 Å². The number of hydrogen-bond donors (Lipinski definition) is 0. The molecule has 0 bridgehead atoms. The second-order valence-electron chi connectivity index (χ2n) is 12.6. The zero-order valence-electron chi connectivity index (χ0n) is 23.5. The van der Waals surface area contributed by atoms with E-state index in [1.54, 1.807) is 16.7 Å². The molecule has 2 fully saturated rings. The van der Waals surface area contributed by atoms with Gasteiger partial charge in [0.25, 0.3) is 0 Å². The lowest BCUT2D eigenvalue weighted by Gasteiger charge is -2.59. The molecule has 0 radical (unpaired) electrons. The Kier molecular flexibility index (Phi) is 9.42. The van der Waals surface area contributed by atoms with E-state index in [1.807, 2.05) is 0 Å². The second-order valence-corrected chi connectivity index (χ2v) is 16.3. The van der Waals surface area contributed by atoms with Crippen molar-refractivity contribution >= 4 is 22.7 Å². The first-order valence-corrected chi connectivity index (χ1v) is 17.0. The number of benzene rings is 1. The molecule has 4 rings (SSSR count). The SMILES string of the molecule is CC(C)C1=CC(C(C)C)=C(c2ccccc2)C(C(C)C)(P(C2CCCCC2)C2CCCCC2)C1P. The van der Waals surface area contributed by atoms with Crippen molar-refractivity contribution in [1.29, 1.82) is 0 Å². The highest BCUT2D eigenvalue weighted by atomic mass is 31.1. The molecule has 2 heteroatoms. The Morgan fingerprint density at radius 3 is 1.69 bits per heavy atom. The largest absolute Gasteiger partial charge is 0.129 e. The molecule has 0 spiro atoms. The minimum absolute atomic E-state index is 0.163. The maximum Gasteiger partial charge on any atom is 0.0290 e. The molecule has 0 nitrogen and oxygen atoms in total. The Labute approximate surface area is 221 Å². The third kappa shape index (κ3) is 5.28. The topological polar surface area (TPSA) is 0 Å². The molecule has 0 N–H and O–H groups in total. The zero-order chi connectivity index (χ0) is 25.2. The predicted octanol–water partition coefficient (Wildman–Crippen LogP) is 10.5. The fourth-order valence-electron chi connectivity index (χ4n) is 7.82. The van der Waals surface area contributed by atoms with Crippen LogP contribution in [0.15, 0.2) is 47.6 Å². The first-order chi connectivity index (χ1) is 16.8. The lowest BCUT2D eigenvalue weighted by atomic mass is 9.69. The highest BCUT2D eigenvalue weighted by Gasteiger charge is 2.56. The molecule has 3 aliphatic rings. The maximum absolute atomic E-state index is 3.50. The van der Waals surface area contributed by atoms with E-state index < -0.39 is 0 Å².